The van der Waals surface area contributed by atoms with E-state index in [-0.39, 0.29) is 22.9 Å². The number of nitrogens with zero attached hydrogens (tertiary/aromatic N) is 1. The first-order valence-electron chi connectivity index (χ1n) is 9.55. The van der Waals surface area contributed by atoms with Crippen molar-refractivity contribution in [1.29, 1.82) is 0 Å². The van der Waals surface area contributed by atoms with Gasteiger partial charge in [-0.25, -0.2) is 13.1 Å². The van der Waals surface area contributed by atoms with Gasteiger partial charge in [-0.05, 0) is 64.4 Å². The normalized spacial score (nSPS) is 11.8. The van der Waals surface area contributed by atoms with Crippen molar-refractivity contribution >= 4 is 27.5 Å². The van der Waals surface area contributed by atoms with E-state index >= 15 is 0 Å². The van der Waals surface area contributed by atoms with Crippen LogP contribution in [0.25, 0.3) is 0 Å². The number of benzene rings is 2. The Morgan fingerprint density at radius 3 is 2.17 bits per heavy atom. The average Bonchev–Trinajstić information content (AvgIpc) is 2.61. The maximum atomic E-state index is 12.9. The van der Waals surface area contributed by atoms with Gasteiger partial charge in [0.15, 0.2) is 0 Å². The summed E-state index contributed by atoms with van der Waals surface area (Å²) in [5.41, 5.74) is 1.92. The van der Waals surface area contributed by atoms with E-state index in [1.807, 2.05) is 19.1 Å². The van der Waals surface area contributed by atoms with Crippen LogP contribution in [0.3, 0.4) is 0 Å². The highest BCUT2D eigenvalue weighted by molar-refractivity contribution is 7.89. The summed E-state index contributed by atoms with van der Waals surface area (Å²) >= 11 is 0. The fraction of sp³-hybridized carbons (Fsp3) is 0.364. The third-order valence-corrected chi connectivity index (χ3v) is 6.01. The van der Waals surface area contributed by atoms with Gasteiger partial charge >= 0.3 is 0 Å². The minimum Gasteiger partial charge on any atom is -0.332 e. The number of rotatable bonds is 6. The van der Waals surface area contributed by atoms with Crippen LogP contribution in [0.15, 0.2) is 47.4 Å². The molecule has 162 valence electrons. The molecule has 8 heteroatoms. The lowest BCUT2D eigenvalue weighted by Gasteiger charge is -2.22. The summed E-state index contributed by atoms with van der Waals surface area (Å²) in [6, 6.07) is 11.7. The maximum absolute atomic E-state index is 12.9. The molecular weight excluding hydrogens is 402 g/mol. The van der Waals surface area contributed by atoms with Crippen molar-refractivity contribution in [3.63, 3.8) is 0 Å². The minimum absolute atomic E-state index is 0.00359. The molecule has 0 aliphatic heterocycles. The Morgan fingerprint density at radius 2 is 1.60 bits per heavy atom. The van der Waals surface area contributed by atoms with Gasteiger partial charge in [0.25, 0.3) is 5.91 Å². The minimum atomic E-state index is -3.78. The summed E-state index contributed by atoms with van der Waals surface area (Å²) in [4.78, 5) is 26.5. The Labute approximate surface area is 178 Å². The lowest BCUT2D eigenvalue weighted by atomic mass is 10.1. The second kappa shape index (κ2) is 8.97. The van der Waals surface area contributed by atoms with Gasteiger partial charge in [-0.2, -0.15) is 0 Å². The number of anilines is 1. The van der Waals surface area contributed by atoms with Crippen molar-refractivity contribution in [1.82, 2.24) is 9.62 Å². The molecule has 2 rings (SSSR count). The lowest BCUT2D eigenvalue weighted by Crippen LogP contribution is -2.40. The van der Waals surface area contributed by atoms with Crippen LogP contribution >= 0.6 is 0 Å². The molecule has 0 aliphatic rings. The number of amides is 2. The molecule has 0 unspecified atom stereocenters. The number of aryl methyl sites for hydroxylation is 2. The monoisotopic (exact) mass is 431 g/mol. The number of sulfonamides is 1. The second-order valence-electron chi connectivity index (χ2n) is 8.41. The standard InChI is InChI=1S/C22H29N3O4S/c1-15-7-10-17(11-8-15)23-20(26)14-25(6)21(27)19-13-18(12-9-16(19)2)30(28,29)24-22(3,4)5/h7-13,24H,14H2,1-6H3,(H,23,26). The van der Waals surface area contributed by atoms with Crippen LogP contribution in [0, 0.1) is 13.8 Å². The summed E-state index contributed by atoms with van der Waals surface area (Å²) in [7, 11) is -2.28. The summed E-state index contributed by atoms with van der Waals surface area (Å²) in [5, 5.41) is 2.74. The van der Waals surface area contributed by atoms with Crippen molar-refractivity contribution < 1.29 is 18.0 Å². The first-order chi connectivity index (χ1) is 13.8. The van der Waals surface area contributed by atoms with Crippen LogP contribution in [0.5, 0.6) is 0 Å². The van der Waals surface area contributed by atoms with Gasteiger partial charge in [-0.15, -0.1) is 0 Å². The molecule has 2 aromatic carbocycles. The van der Waals surface area contributed by atoms with Gasteiger partial charge in [-0.1, -0.05) is 23.8 Å². The number of likely N-dealkylation sites (N-methyl/N-ethyl adjacent to an activating group) is 1. The third-order valence-electron chi connectivity index (χ3n) is 4.25. The molecular formula is C22H29N3O4S. The summed E-state index contributed by atoms with van der Waals surface area (Å²) in [6.07, 6.45) is 0. The fourth-order valence-corrected chi connectivity index (χ4v) is 4.24. The molecule has 2 aromatic rings. The van der Waals surface area contributed by atoms with Crippen molar-refractivity contribution in [2.75, 3.05) is 18.9 Å². The molecule has 30 heavy (non-hydrogen) atoms. The molecule has 7 nitrogen and oxygen atoms in total. The zero-order valence-corrected chi connectivity index (χ0v) is 19.1. The number of carbonyl (C=O) groups is 2. The van der Waals surface area contributed by atoms with E-state index in [4.69, 9.17) is 0 Å². The summed E-state index contributed by atoms with van der Waals surface area (Å²) in [5.74, 6) is -0.773. The number of hydrogen-bond donors (Lipinski definition) is 2. The second-order valence-corrected chi connectivity index (χ2v) is 10.1. The topological polar surface area (TPSA) is 95.6 Å². The van der Waals surface area contributed by atoms with Crippen LogP contribution in [0.2, 0.25) is 0 Å². The number of hydrogen-bond acceptors (Lipinski definition) is 4. The van der Waals surface area contributed by atoms with Crippen molar-refractivity contribution in [3.8, 4) is 0 Å². The SMILES string of the molecule is Cc1ccc(NC(=O)CN(C)C(=O)c2cc(S(=O)(=O)NC(C)(C)C)ccc2C)cc1. The molecule has 0 fully saturated rings. The van der Waals surface area contributed by atoms with Crippen molar-refractivity contribution in [3.05, 3.63) is 59.2 Å². The van der Waals surface area contributed by atoms with E-state index in [0.717, 1.165) is 5.56 Å². The molecule has 0 atom stereocenters. The Hall–Kier alpha value is -2.71. The summed E-state index contributed by atoms with van der Waals surface area (Å²) < 4.78 is 27.8. The van der Waals surface area contributed by atoms with Crippen LogP contribution in [0.4, 0.5) is 5.69 Å². The Morgan fingerprint density at radius 1 is 1.00 bits per heavy atom. The molecule has 2 amide bonds. The quantitative estimate of drug-likeness (QED) is 0.735. The summed E-state index contributed by atoms with van der Waals surface area (Å²) in [6.45, 7) is 8.73. The van der Waals surface area contributed by atoms with E-state index in [9.17, 15) is 18.0 Å². The maximum Gasteiger partial charge on any atom is 0.254 e. The smallest absolute Gasteiger partial charge is 0.254 e. The van der Waals surface area contributed by atoms with Gasteiger partial charge < -0.3 is 10.2 Å². The highest BCUT2D eigenvalue weighted by Crippen LogP contribution is 2.19. The molecule has 0 bridgehead atoms. The molecule has 0 saturated carbocycles. The van der Waals surface area contributed by atoms with Gasteiger partial charge in [0.05, 0.1) is 11.4 Å². The molecule has 0 radical (unpaired) electrons. The van der Waals surface area contributed by atoms with E-state index in [1.165, 1.54) is 24.1 Å². The molecule has 0 aliphatic carbocycles. The molecule has 0 spiro atoms. The Balaban J connectivity index is 2.17. The highest BCUT2D eigenvalue weighted by atomic mass is 32.2. The largest absolute Gasteiger partial charge is 0.332 e. The highest BCUT2D eigenvalue weighted by Gasteiger charge is 2.24. The van der Waals surface area contributed by atoms with Crippen LogP contribution in [-0.2, 0) is 14.8 Å². The number of nitrogens with one attached hydrogen (secondary N) is 2. The molecule has 0 heterocycles. The zero-order valence-electron chi connectivity index (χ0n) is 18.2. The van der Waals surface area contributed by atoms with Crippen LogP contribution in [-0.4, -0.2) is 44.3 Å². The molecule has 0 aromatic heterocycles. The lowest BCUT2D eigenvalue weighted by molar-refractivity contribution is -0.116. The zero-order chi connectivity index (χ0) is 22.7. The third kappa shape index (κ3) is 6.40. The van der Waals surface area contributed by atoms with E-state index < -0.39 is 21.5 Å². The molecule has 0 saturated heterocycles. The van der Waals surface area contributed by atoms with Gasteiger partial charge in [-0.3, -0.25) is 9.59 Å². The van der Waals surface area contributed by atoms with E-state index in [2.05, 4.69) is 10.0 Å². The van der Waals surface area contributed by atoms with E-state index in [0.29, 0.717) is 11.3 Å². The molecule has 2 N–H and O–H groups in total. The first-order valence-corrected chi connectivity index (χ1v) is 11.0. The van der Waals surface area contributed by atoms with Gasteiger partial charge in [0, 0.05) is 23.8 Å². The Bertz CT molecular complexity index is 1040. The first kappa shape index (κ1) is 23.6. The van der Waals surface area contributed by atoms with E-state index in [1.54, 1.807) is 45.9 Å². The predicted octanol–water partition coefficient (Wildman–Crippen LogP) is 3.09. The van der Waals surface area contributed by atoms with Gasteiger partial charge in [0.1, 0.15) is 0 Å². The Kier molecular flexibility index (Phi) is 7.05. The number of carbonyl (C=O) groups excluding carboxylic acids is 2. The van der Waals surface area contributed by atoms with Crippen molar-refractivity contribution in [2.45, 2.75) is 45.1 Å². The van der Waals surface area contributed by atoms with Crippen LogP contribution < -0.4 is 10.0 Å². The fourth-order valence-electron chi connectivity index (χ4n) is 2.79. The predicted molar refractivity (Wildman–Crippen MR) is 118 cm³/mol. The average molecular weight is 432 g/mol. The van der Waals surface area contributed by atoms with Crippen molar-refractivity contribution in [2.24, 2.45) is 0 Å². The van der Waals surface area contributed by atoms with Gasteiger partial charge in [0.2, 0.25) is 15.9 Å². The van der Waals surface area contributed by atoms with Crippen LogP contribution in [0.1, 0.15) is 42.3 Å².